The number of amides is 1. The first-order valence-corrected chi connectivity index (χ1v) is 7.14. The van der Waals surface area contributed by atoms with Gasteiger partial charge in [-0.15, -0.1) is 0 Å². The van der Waals surface area contributed by atoms with Crippen molar-refractivity contribution in [2.75, 3.05) is 7.11 Å². The molecule has 0 radical (unpaired) electrons. The van der Waals surface area contributed by atoms with E-state index in [-0.39, 0.29) is 11.8 Å². The summed E-state index contributed by atoms with van der Waals surface area (Å²) in [5.41, 5.74) is 6.80. The molecule has 0 bridgehead atoms. The van der Waals surface area contributed by atoms with Gasteiger partial charge in [0.25, 0.3) is 0 Å². The molecule has 1 aromatic carbocycles. The van der Waals surface area contributed by atoms with E-state index in [1.807, 2.05) is 32.0 Å². The van der Waals surface area contributed by atoms with Gasteiger partial charge in [-0.2, -0.15) is 0 Å². The van der Waals surface area contributed by atoms with Crippen LogP contribution in [0.1, 0.15) is 25.8 Å². The summed E-state index contributed by atoms with van der Waals surface area (Å²) in [5.74, 6) is 0.793. The molecule has 19 heavy (non-hydrogen) atoms. The quantitative estimate of drug-likeness (QED) is 0.843. The SMILES string of the molecule is CCC(C)C(N)C(=O)NCc1cc(Br)ccc1OC. The zero-order valence-corrected chi connectivity index (χ0v) is 13.2. The van der Waals surface area contributed by atoms with Gasteiger partial charge in [-0.1, -0.05) is 36.2 Å². The standard InChI is InChI=1S/C14H21BrN2O2/c1-4-9(2)13(16)14(18)17-8-10-7-11(15)5-6-12(10)19-3/h5-7,9,13H,4,8,16H2,1-3H3,(H,17,18). The predicted molar refractivity (Wildman–Crippen MR) is 80.0 cm³/mol. The van der Waals surface area contributed by atoms with Gasteiger partial charge in [0.05, 0.1) is 13.2 Å². The summed E-state index contributed by atoms with van der Waals surface area (Å²) < 4.78 is 6.21. The summed E-state index contributed by atoms with van der Waals surface area (Å²) in [5, 5.41) is 2.85. The lowest BCUT2D eigenvalue weighted by molar-refractivity contribution is -0.123. The highest BCUT2D eigenvalue weighted by Crippen LogP contribution is 2.22. The van der Waals surface area contributed by atoms with Gasteiger partial charge in [-0.25, -0.2) is 0 Å². The number of nitrogens with one attached hydrogen (secondary N) is 1. The molecule has 0 aromatic heterocycles. The van der Waals surface area contributed by atoms with Crippen molar-refractivity contribution in [3.05, 3.63) is 28.2 Å². The highest BCUT2D eigenvalue weighted by Gasteiger charge is 2.19. The summed E-state index contributed by atoms with van der Waals surface area (Å²) in [7, 11) is 1.61. The molecule has 2 atom stereocenters. The molecule has 0 saturated carbocycles. The molecule has 4 nitrogen and oxygen atoms in total. The number of methoxy groups -OCH3 is 1. The van der Waals surface area contributed by atoms with Crippen LogP contribution in [0.4, 0.5) is 0 Å². The topological polar surface area (TPSA) is 64.4 Å². The number of hydrogen-bond donors (Lipinski definition) is 2. The normalized spacial score (nSPS) is 13.7. The van der Waals surface area contributed by atoms with Gasteiger partial charge < -0.3 is 15.8 Å². The lowest BCUT2D eigenvalue weighted by atomic mass is 9.99. The minimum absolute atomic E-state index is 0.128. The highest BCUT2D eigenvalue weighted by molar-refractivity contribution is 9.10. The van der Waals surface area contributed by atoms with Gasteiger partial charge >= 0.3 is 0 Å². The second-order valence-corrected chi connectivity index (χ2v) is 5.50. The molecule has 0 saturated heterocycles. The van der Waals surface area contributed by atoms with Crippen molar-refractivity contribution < 1.29 is 9.53 Å². The Hall–Kier alpha value is -1.07. The van der Waals surface area contributed by atoms with Gasteiger partial charge in [0.2, 0.25) is 5.91 Å². The van der Waals surface area contributed by atoms with Crippen LogP contribution in [0.15, 0.2) is 22.7 Å². The van der Waals surface area contributed by atoms with Crippen LogP contribution in [0.2, 0.25) is 0 Å². The first-order valence-electron chi connectivity index (χ1n) is 6.35. The maximum atomic E-state index is 11.9. The molecular formula is C14H21BrN2O2. The van der Waals surface area contributed by atoms with Crippen molar-refractivity contribution in [3.8, 4) is 5.75 Å². The van der Waals surface area contributed by atoms with Crippen molar-refractivity contribution in [2.45, 2.75) is 32.9 Å². The third-order valence-corrected chi connectivity index (χ3v) is 3.75. The van der Waals surface area contributed by atoms with Crippen LogP contribution in [0.5, 0.6) is 5.75 Å². The highest BCUT2D eigenvalue weighted by atomic mass is 79.9. The Kier molecular flexibility index (Phi) is 6.31. The van der Waals surface area contributed by atoms with Crippen molar-refractivity contribution >= 4 is 21.8 Å². The lowest BCUT2D eigenvalue weighted by Crippen LogP contribution is -2.44. The van der Waals surface area contributed by atoms with E-state index in [0.717, 1.165) is 22.2 Å². The second-order valence-electron chi connectivity index (χ2n) is 4.59. The Morgan fingerprint density at radius 2 is 2.21 bits per heavy atom. The fourth-order valence-corrected chi connectivity index (χ4v) is 2.11. The van der Waals surface area contributed by atoms with E-state index >= 15 is 0 Å². The molecule has 0 aliphatic carbocycles. The summed E-state index contributed by atoms with van der Waals surface area (Å²) in [6.07, 6.45) is 0.884. The average Bonchev–Trinajstić information content (AvgIpc) is 2.43. The molecule has 1 amide bonds. The monoisotopic (exact) mass is 328 g/mol. The van der Waals surface area contributed by atoms with E-state index in [9.17, 15) is 4.79 Å². The molecule has 5 heteroatoms. The average molecular weight is 329 g/mol. The Morgan fingerprint density at radius 1 is 1.53 bits per heavy atom. The zero-order valence-electron chi connectivity index (χ0n) is 11.6. The first kappa shape index (κ1) is 16.0. The van der Waals surface area contributed by atoms with Crippen LogP contribution in [0, 0.1) is 5.92 Å². The van der Waals surface area contributed by atoms with E-state index < -0.39 is 6.04 Å². The van der Waals surface area contributed by atoms with Crippen molar-refractivity contribution in [1.82, 2.24) is 5.32 Å². The molecule has 2 unspecified atom stereocenters. The number of carbonyl (C=O) groups is 1. The van der Waals surface area contributed by atoms with Gasteiger partial charge in [0.1, 0.15) is 5.75 Å². The Balaban J connectivity index is 2.66. The van der Waals surface area contributed by atoms with Crippen LogP contribution in [-0.2, 0) is 11.3 Å². The van der Waals surface area contributed by atoms with E-state index in [1.54, 1.807) is 7.11 Å². The van der Waals surface area contributed by atoms with Crippen LogP contribution in [0.25, 0.3) is 0 Å². The van der Waals surface area contributed by atoms with Crippen LogP contribution in [-0.4, -0.2) is 19.1 Å². The van der Waals surface area contributed by atoms with E-state index in [1.165, 1.54) is 0 Å². The molecule has 0 heterocycles. The van der Waals surface area contributed by atoms with E-state index in [0.29, 0.717) is 6.54 Å². The van der Waals surface area contributed by atoms with Gasteiger partial charge in [-0.3, -0.25) is 4.79 Å². The minimum atomic E-state index is -0.469. The zero-order chi connectivity index (χ0) is 14.4. The number of carbonyl (C=O) groups excluding carboxylic acids is 1. The Morgan fingerprint density at radius 3 is 2.79 bits per heavy atom. The molecule has 0 aliphatic heterocycles. The van der Waals surface area contributed by atoms with Gasteiger partial charge in [-0.05, 0) is 24.1 Å². The van der Waals surface area contributed by atoms with Crippen molar-refractivity contribution in [1.29, 1.82) is 0 Å². The third-order valence-electron chi connectivity index (χ3n) is 3.26. The molecule has 0 aliphatic rings. The molecule has 3 N–H and O–H groups in total. The molecule has 1 rings (SSSR count). The second kappa shape index (κ2) is 7.50. The lowest BCUT2D eigenvalue weighted by Gasteiger charge is -2.18. The van der Waals surface area contributed by atoms with E-state index in [4.69, 9.17) is 10.5 Å². The molecule has 106 valence electrons. The number of halogens is 1. The summed E-state index contributed by atoms with van der Waals surface area (Å²) in [4.78, 5) is 11.9. The van der Waals surface area contributed by atoms with Gasteiger partial charge in [0, 0.05) is 16.6 Å². The number of hydrogen-bond acceptors (Lipinski definition) is 3. The summed E-state index contributed by atoms with van der Waals surface area (Å²) in [6, 6.07) is 5.21. The maximum absolute atomic E-state index is 11.9. The number of ether oxygens (including phenoxy) is 1. The Bertz CT molecular complexity index is 437. The fraction of sp³-hybridized carbons (Fsp3) is 0.500. The maximum Gasteiger partial charge on any atom is 0.237 e. The smallest absolute Gasteiger partial charge is 0.237 e. The molecule has 0 fully saturated rings. The number of benzene rings is 1. The largest absolute Gasteiger partial charge is 0.496 e. The fourth-order valence-electron chi connectivity index (χ4n) is 1.70. The van der Waals surface area contributed by atoms with Crippen LogP contribution in [0.3, 0.4) is 0 Å². The molecule has 1 aromatic rings. The van der Waals surface area contributed by atoms with Crippen LogP contribution < -0.4 is 15.8 Å². The molecular weight excluding hydrogens is 308 g/mol. The third kappa shape index (κ3) is 4.51. The van der Waals surface area contributed by atoms with E-state index in [2.05, 4.69) is 21.2 Å². The predicted octanol–water partition coefficient (Wildman–Crippen LogP) is 2.45. The van der Waals surface area contributed by atoms with Crippen LogP contribution >= 0.6 is 15.9 Å². The number of rotatable bonds is 6. The number of nitrogens with two attached hydrogens (primary N) is 1. The van der Waals surface area contributed by atoms with Crippen molar-refractivity contribution in [2.24, 2.45) is 11.7 Å². The Labute approximate surface area is 122 Å². The summed E-state index contributed by atoms with van der Waals surface area (Å²) in [6.45, 7) is 4.41. The van der Waals surface area contributed by atoms with Crippen molar-refractivity contribution in [3.63, 3.8) is 0 Å². The van der Waals surface area contributed by atoms with Gasteiger partial charge in [0.15, 0.2) is 0 Å². The first-order chi connectivity index (χ1) is 8.99. The molecule has 0 spiro atoms. The summed E-state index contributed by atoms with van der Waals surface area (Å²) >= 11 is 3.40. The minimum Gasteiger partial charge on any atom is -0.496 e.